The van der Waals surface area contributed by atoms with E-state index in [0.717, 1.165) is 0 Å². The zero-order valence-corrected chi connectivity index (χ0v) is 14.8. The molecule has 7 heteroatoms. The molecule has 0 heterocycles. The summed E-state index contributed by atoms with van der Waals surface area (Å²) in [4.78, 5) is 37.5. The predicted molar refractivity (Wildman–Crippen MR) is 95.2 cm³/mol. The summed E-state index contributed by atoms with van der Waals surface area (Å²) >= 11 is 6.10. The Kier molecular flexibility index (Phi) is 5.77. The van der Waals surface area contributed by atoms with Gasteiger partial charge in [0, 0.05) is 25.2 Å². The third-order valence-corrected chi connectivity index (χ3v) is 3.74. The van der Waals surface area contributed by atoms with E-state index >= 15 is 0 Å². The second-order valence-electron chi connectivity index (χ2n) is 5.42. The van der Waals surface area contributed by atoms with Crippen LogP contribution >= 0.6 is 11.6 Å². The van der Waals surface area contributed by atoms with Gasteiger partial charge in [-0.25, -0.2) is 4.79 Å². The molecule has 2 amide bonds. The quantitative estimate of drug-likeness (QED) is 0.850. The van der Waals surface area contributed by atoms with Gasteiger partial charge in [0.25, 0.3) is 11.8 Å². The fourth-order valence-electron chi connectivity index (χ4n) is 2.11. The van der Waals surface area contributed by atoms with E-state index < -0.39 is 11.9 Å². The molecule has 25 heavy (non-hydrogen) atoms. The average molecular weight is 361 g/mol. The first-order chi connectivity index (χ1) is 11.8. The van der Waals surface area contributed by atoms with E-state index in [1.54, 1.807) is 44.4 Å². The number of hydrogen-bond donors (Lipinski definition) is 1. The molecule has 0 bridgehead atoms. The second-order valence-corrected chi connectivity index (χ2v) is 5.83. The molecular formula is C18H17ClN2O4. The van der Waals surface area contributed by atoms with Crippen molar-refractivity contribution in [2.75, 3.05) is 26.5 Å². The third kappa shape index (κ3) is 4.36. The molecular weight excluding hydrogens is 344 g/mol. The molecule has 0 aliphatic heterocycles. The van der Waals surface area contributed by atoms with Crippen molar-refractivity contribution in [3.63, 3.8) is 0 Å². The van der Waals surface area contributed by atoms with Crippen LogP contribution in [0.3, 0.4) is 0 Å². The number of amides is 2. The summed E-state index contributed by atoms with van der Waals surface area (Å²) in [7, 11) is 4.53. The fraction of sp³-hybridized carbons (Fsp3) is 0.167. The third-order valence-electron chi connectivity index (χ3n) is 3.41. The Bertz CT molecular complexity index is 834. The normalized spacial score (nSPS) is 10.1. The summed E-state index contributed by atoms with van der Waals surface area (Å²) in [6.45, 7) is 0. The van der Waals surface area contributed by atoms with E-state index in [4.69, 9.17) is 11.6 Å². The minimum Gasteiger partial charge on any atom is -0.465 e. The van der Waals surface area contributed by atoms with E-state index in [1.807, 2.05) is 0 Å². The van der Waals surface area contributed by atoms with Crippen LogP contribution in [-0.4, -0.2) is 43.9 Å². The topological polar surface area (TPSA) is 75.7 Å². The van der Waals surface area contributed by atoms with E-state index in [-0.39, 0.29) is 17.0 Å². The Balaban J connectivity index is 2.27. The van der Waals surface area contributed by atoms with Crippen molar-refractivity contribution < 1.29 is 19.1 Å². The summed E-state index contributed by atoms with van der Waals surface area (Å²) in [6.07, 6.45) is 0. The lowest BCUT2D eigenvalue weighted by molar-refractivity contribution is 0.0600. The number of esters is 1. The Labute approximate surface area is 150 Å². The van der Waals surface area contributed by atoms with Crippen molar-refractivity contribution in [2.45, 2.75) is 0 Å². The van der Waals surface area contributed by atoms with Crippen molar-refractivity contribution in [3.8, 4) is 0 Å². The van der Waals surface area contributed by atoms with Crippen LogP contribution in [0.2, 0.25) is 5.02 Å². The standard InChI is InChI=1S/C18H17ClN2O4/c1-21(2)17(23)12-7-8-14(19)15(10-12)20-16(22)11-5-4-6-13(9-11)18(24)25-3/h4-10H,1-3H3,(H,20,22). The number of ether oxygens (including phenoxy) is 1. The van der Waals surface area contributed by atoms with Gasteiger partial charge in [-0.15, -0.1) is 0 Å². The van der Waals surface area contributed by atoms with Gasteiger partial charge in [0.1, 0.15) is 0 Å². The molecule has 6 nitrogen and oxygen atoms in total. The largest absolute Gasteiger partial charge is 0.465 e. The highest BCUT2D eigenvalue weighted by Crippen LogP contribution is 2.24. The number of hydrogen-bond acceptors (Lipinski definition) is 4. The van der Waals surface area contributed by atoms with Crippen molar-refractivity contribution in [2.24, 2.45) is 0 Å². The Hall–Kier alpha value is -2.86. The first kappa shape index (κ1) is 18.5. The van der Waals surface area contributed by atoms with E-state index in [1.165, 1.54) is 24.1 Å². The number of rotatable bonds is 4. The number of carbonyl (C=O) groups is 3. The molecule has 0 aliphatic carbocycles. The molecule has 0 atom stereocenters. The average Bonchev–Trinajstić information content (AvgIpc) is 2.62. The van der Waals surface area contributed by atoms with Crippen LogP contribution in [0, 0.1) is 0 Å². The maximum absolute atomic E-state index is 12.4. The number of nitrogens with zero attached hydrogens (tertiary/aromatic N) is 1. The smallest absolute Gasteiger partial charge is 0.337 e. The van der Waals surface area contributed by atoms with Crippen molar-refractivity contribution in [1.82, 2.24) is 4.90 Å². The Morgan fingerprint density at radius 1 is 1.00 bits per heavy atom. The van der Waals surface area contributed by atoms with Crippen LogP contribution in [0.4, 0.5) is 5.69 Å². The van der Waals surface area contributed by atoms with Crippen LogP contribution in [0.15, 0.2) is 42.5 Å². The summed E-state index contributed by atoms with van der Waals surface area (Å²) in [6, 6.07) is 10.7. The maximum atomic E-state index is 12.4. The minimum atomic E-state index is -0.536. The lowest BCUT2D eigenvalue weighted by Crippen LogP contribution is -2.22. The molecule has 2 aromatic rings. The molecule has 0 aliphatic rings. The lowest BCUT2D eigenvalue weighted by Gasteiger charge is -2.13. The van der Waals surface area contributed by atoms with Crippen LogP contribution in [-0.2, 0) is 4.74 Å². The van der Waals surface area contributed by atoms with Gasteiger partial charge in [-0.1, -0.05) is 17.7 Å². The summed E-state index contributed by atoms with van der Waals surface area (Å²) in [5.74, 6) is -1.20. The minimum absolute atomic E-state index is 0.208. The highest BCUT2D eigenvalue weighted by Gasteiger charge is 2.15. The lowest BCUT2D eigenvalue weighted by atomic mass is 10.1. The number of anilines is 1. The van der Waals surface area contributed by atoms with Gasteiger partial charge in [0.15, 0.2) is 0 Å². The molecule has 0 unspecified atom stereocenters. The van der Waals surface area contributed by atoms with Gasteiger partial charge in [0.05, 0.1) is 23.4 Å². The van der Waals surface area contributed by atoms with E-state index in [0.29, 0.717) is 16.3 Å². The van der Waals surface area contributed by atoms with Gasteiger partial charge < -0.3 is 15.0 Å². The number of halogens is 1. The fourth-order valence-corrected chi connectivity index (χ4v) is 2.28. The monoisotopic (exact) mass is 360 g/mol. The molecule has 2 aromatic carbocycles. The maximum Gasteiger partial charge on any atom is 0.337 e. The summed E-state index contributed by atoms with van der Waals surface area (Å²) in [5, 5.41) is 2.95. The first-order valence-corrected chi connectivity index (χ1v) is 7.72. The van der Waals surface area contributed by atoms with E-state index in [2.05, 4.69) is 10.1 Å². The number of carbonyl (C=O) groups excluding carboxylic acids is 3. The van der Waals surface area contributed by atoms with Crippen molar-refractivity contribution >= 4 is 35.1 Å². The molecule has 0 aromatic heterocycles. The highest BCUT2D eigenvalue weighted by atomic mass is 35.5. The highest BCUT2D eigenvalue weighted by molar-refractivity contribution is 6.34. The Morgan fingerprint density at radius 2 is 1.68 bits per heavy atom. The van der Waals surface area contributed by atoms with Gasteiger partial charge in [-0.05, 0) is 36.4 Å². The molecule has 0 saturated heterocycles. The zero-order valence-electron chi connectivity index (χ0n) is 14.0. The molecule has 0 radical (unpaired) electrons. The molecule has 0 saturated carbocycles. The predicted octanol–water partition coefficient (Wildman–Crippen LogP) is 3.08. The molecule has 2 rings (SSSR count). The van der Waals surface area contributed by atoms with Crippen molar-refractivity contribution in [1.29, 1.82) is 0 Å². The zero-order chi connectivity index (χ0) is 18.6. The van der Waals surface area contributed by atoms with Gasteiger partial charge in [0.2, 0.25) is 0 Å². The van der Waals surface area contributed by atoms with Gasteiger partial charge in [-0.3, -0.25) is 9.59 Å². The molecule has 0 fully saturated rings. The SMILES string of the molecule is COC(=O)c1cccc(C(=O)Nc2cc(C(=O)N(C)C)ccc2Cl)c1. The number of nitrogens with one attached hydrogen (secondary N) is 1. The molecule has 1 N–H and O–H groups in total. The number of methoxy groups -OCH3 is 1. The van der Waals surface area contributed by atoms with Gasteiger partial charge in [-0.2, -0.15) is 0 Å². The molecule has 130 valence electrons. The first-order valence-electron chi connectivity index (χ1n) is 7.34. The number of benzene rings is 2. The second kappa shape index (κ2) is 7.81. The van der Waals surface area contributed by atoms with Gasteiger partial charge >= 0.3 is 5.97 Å². The van der Waals surface area contributed by atoms with Crippen molar-refractivity contribution in [3.05, 3.63) is 64.2 Å². The van der Waals surface area contributed by atoms with E-state index in [9.17, 15) is 14.4 Å². The summed E-state index contributed by atoms with van der Waals surface area (Å²) < 4.78 is 4.64. The van der Waals surface area contributed by atoms with Crippen LogP contribution < -0.4 is 5.32 Å². The molecule has 0 spiro atoms. The Morgan fingerprint density at radius 3 is 2.32 bits per heavy atom. The summed E-state index contributed by atoms with van der Waals surface area (Å²) in [5.41, 5.74) is 1.23. The van der Waals surface area contributed by atoms with Crippen LogP contribution in [0.1, 0.15) is 31.1 Å². The van der Waals surface area contributed by atoms with Crippen LogP contribution in [0.25, 0.3) is 0 Å². The van der Waals surface area contributed by atoms with Crippen LogP contribution in [0.5, 0.6) is 0 Å².